The molecule has 0 radical (unpaired) electrons. The van der Waals surface area contributed by atoms with Crippen molar-refractivity contribution in [1.29, 1.82) is 0 Å². The van der Waals surface area contributed by atoms with Crippen molar-refractivity contribution in [3.63, 3.8) is 0 Å². The van der Waals surface area contributed by atoms with E-state index in [1.807, 2.05) is 0 Å². The highest BCUT2D eigenvalue weighted by atomic mass is 19.1. The number of halogens is 2. The van der Waals surface area contributed by atoms with Gasteiger partial charge in [0.1, 0.15) is 18.2 Å². The van der Waals surface area contributed by atoms with Crippen LogP contribution >= 0.6 is 0 Å². The van der Waals surface area contributed by atoms with Crippen LogP contribution in [0.1, 0.15) is 30.4 Å². The third kappa shape index (κ3) is 4.42. The third-order valence-corrected chi connectivity index (χ3v) is 4.91. The number of ether oxygens (including phenoxy) is 1. The minimum Gasteiger partial charge on any atom is -0.458 e. The molecule has 0 bridgehead atoms. The molecule has 2 aromatic rings. The number of allylic oxidation sites excluding steroid dienone is 1. The monoisotopic (exact) mass is 397 g/mol. The van der Waals surface area contributed by atoms with Crippen LogP contribution in [0.15, 0.2) is 72.5 Å². The lowest BCUT2D eigenvalue weighted by molar-refractivity contribution is -0.139. The largest absolute Gasteiger partial charge is 0.458 e. The number of esters is 1. The van der Waals surface area contributed by atoms with E-state index in [1.54, 1.807) is 37.3 Å². The first-order chi connectivity index (χ1) is 13.9. The Bertz CT molecular complexity index is 966. The smallest absolute Gasteiger partial charge is 0.336 e. The van der Waals surface area contributed by atoms with E-state index >= 15 is 0 Å². The van der Waals surface area contributed by atoms with Gasteiger partial charge in [-0.05, 0) is 36.2 Å². The maximum atomic E-state index is 14.4. The van der Waals surface area contributed by atoms with Gasteiger partial charge < -0.3 is 9.64 Å². The van der Waals surface area contributed by atoms with Gasteiger partial charge in [-0.3, -0.25) is 4.79 Å². The van der Waals surface area contributed by atoms with Gasteiger partial charge in [-0.2, -0.15) is 0 Å². The predicted octanol–water partition coefficient (Wildman–Crippen LogP) is 4.48. The second-order valence-corrected chi connectivity index (χ2v) is 6.77. The van der Waals surface area contributed by atoms with Crippen molar-refractivity contribution < 1.29 is 23.1 Å². The summed E-state index contributed by atoms with van der Waals surface area (Å²) >= 11 is 0. The standard InChI is InChI=1S/C23H21F2NO3/c1-3-12-29-23(28)22-15(2)26(14-16-8-10-17(24)11-9-16)21(27)13-19(22)18-6-4-5-7-20(18)25/h3-11,19H,1,12-14H2,2H3. The lowest BCUT2D eigenvalue weighted by Crippen LogP contribution is -2.38. The normalized spacial score (nSPS) is 16.7. The number of hydrogen-bond acceptors (Lipinski definition) is 3. The number of amides is 1. The molecule has 4 nitrogen and oxygen atoms in total. The Morgan fingerprint density at radius 2 is 1.90 bits per heavy atom. The van der Waals surface area contributed by atoms with Gasteiger partial charge in [0.15, 0.2) is 0 Å². The van der Waals surface area contributed by atoms with Crippen molar-refractivity contribution in [3.8, 4) is 0 Å². The Balaban J connectivity index is 2.03. The Hall–Kier alpha value is -3.28. The third-order valence-electron chi connectivity index (χ3n) is 4.91. The van der Waals surface area contributed by atoms with Crippen LogP contribution in [0.25, 0.3) is 0 Å². The van der Waals surface area contributed by atoms with E-state index in [0.29, 0.717) is 11.3 Å². The molecule has 3 rings (SSSR count). The molecule has 0 aliphatic carbocycles. The quantitative estimate of drug-likeness (QED) is 0.533. The van der Waals surface area contributed by atoms with Crippen LogP contribution in [0.5, 0.6) is 0 Å². The highest BCUT2D eigenvalue weighted by Gasteiger charge is 2.37. The average molecular weight is 397 g/mol. The molecular weight excluding hydrogens is 376 g/mol. The van der Waals surface area contributed by atoms with Gasteiger partial charge in [-0.15, -0.1) is 0 Å². The van der Waals surface area contributed by atoms with Crippen LogP contribution in [-0.2, 0) is 20.9 Å². The minimum absolute atomic E-state index is 0.00547. The molecule has 2 aromatic carbocycles. The van der Waals surface area contributed by atoms with Crippen LogP contribution in [-0.4, -0.2) is 23.4 Å². The fraction of sp³-hybridized carbons (Fsp3) is 0.217. The number of hydrogen-bond donors (Lipinski definition) is 0. The molecule has 1 unspecified atom stereocenters. The molecule has 1 aliphatic rings. The van der Waals surface area contributed by atoms with Gasteiger partial charge in [0, 0.05) is 18.0 Å². The summed E-state index contributed by atoms with van der Waals surface area (Å²) < 4.78 is 32.9. The second-order valence-electron chi connectivity index (χ2n) is 6.77. The second kappa shape index (κ2) is 8.82. The van der Waals surface area contributed by atoms with Gasteiger partial charge in [0.2, 0.25) is 5.91 Å². The van der Waals surface area contributed by atoms with Crippen molar-refractivity contribution in [2.24, 2.45) is 0 Å². The molecule has 0 saturated heterocycles. The minimum atomic E-state index is -0.745. The van der Waals surface area contributed by atoms with Crippen LogP contribution in [0.2, 0.25) is 0 Å². The molecule has 150 valence electrons. The van der Waals surface area contributed by atoms with E-state index in [0.717, 1.165) is 0 Å². The molecule has 0 saturated carbocycles. The van der Waals surface area contributed by atoms with Crippen LogP contribution in [0, 0.1) is 11.6 Å². The lowest BCUT2D eigenvalue weighted by Gasteiger charge is -2.34. The summed E-state index contributed by atoms with van der Waals surface area (Å²) in [5.74, 6) is -2.48. The predicted molar refractivity (Wildman–Crippen MR) is 105 cm³/mol. The van der Waals surface area contributed by atoms with Crippen LogP contribution < -0.4 is 0 Å². The Kier molecular flexibility index (Phi) is 6.22. The van der Waals surface area contributed by atoms with Gasteiger partial charge in [-0.1, -0.05) is 43.0 Å². The van der Waals surface area contributed by atoms with Gasteiger partial charge >= 0.3 is 5.97 Å². The SMILES string of the molecule is C=CCOC(=O)C1=C(C)N(Cc2ccc(F)cc2)C(=O)CC1c1ccccc1F. The zero-order valence-electron chi connectivity index (χ0n) is 16.0. The molecule has 6 heteroatoms. The first-order valence-electron chi connectivity index (χ1n) is 9.20. The summed E-state index contributed by atoms with van der Waals surface area (Å²) in [6, 6.07) is 11.9. The van der Waals surface area contributed by atoms with Crippen LogP contribution in [0.3, 0.4) is 0 Å². The maximum absolute atomic E-state index is 14.4. The molecule has 0 N–H and O–H groups in total. The van der Waals surface area contributed by atoms with E-state index in [9.17, 15) is 18.4 Å². The van der Waals surface area contributed by atoms with Crippen molar-refractivity contribution >= 4 is 11.9 Å². The molecule has 1 heterocycles. The topological polar surface area (TPSA) is 46.6 Å². The summed E-state index contributed by atoms with van der Waals surface area (Å²) in [5.41, 5.74) is 1.61. The Labute approximate surface area is 168 Å². The van der Waals surface area contributed by atoms with Crippen molar-refractivity contribution in [3.05, 3.63) is 95.2 Å². The zero-order valence-corrected chi connectivity index (χ0v) is 16.0. The fourth-order valence-electron chi connectivity index (χ4n) is 3.48. The molecule has 0 spiro atoms. The molecule has 0 fully saturated rings. The molecule has 1 aliphatic heterocycles. The summed E-state index contributed by atoms with van der Waals surface area (Å²) in [7, 11) is 0. The number of carbonyl (C=O) groups is 2. The summed E-state index contributed by atoms with van der Waals surface area (Å²) in [5, 5.41) is 0. The van der Waals surface area contributed by atoms with Gasteiger partial charge in [0.25, 0.3) is 0 Å². The van der Waals surface area contributed by atoms with E-state index in [4.69, 9.17) is 4.74 Å². The maximum Gasteiger partial charge on any atom is 0.336 e. The first-order valence-corrected chi connectivity index (χ1v) is 9.20. The summed E-state index contributed by atoms with van der Waals surface area (Å²) in [4.78, 5) is 27.1. The Morgan fingerprint density at radius 1 is 1.21 bits per heavy atom. The summed E-state index contributed by atoms with van der Waals surface area (Å²) in [6.07, 6.45) is 1.37. The number of nitrogens with zero attached hydrogens (tertiary/aromatic N) is 1. The van der Waals surface area contributed by atoms with Crippen LogP contribution in [0.4, 0.5) is 8.78 Å². The van der Waals surface area contributed by atoms with Gasteiger partial charge in [-0.25, -0.2) is 13.6 Å². The van der Waals surface area contributed by atoms with Crippen molar-refractivity contribution in [1.82, 2.24) is 4.90 Å². The van der Waals surface area contributed by atoms with Crippen molar-refractivity contribution in [2.45, 2.75) is 25.8 Å². The van der Waals surface area contributed by atoms with E-state index in [1.165, 1.54) is 29.2 Å². The first kappa shape index (κ1) is 20.5. The highest BCUT2D eigenvalue weighted by Crippen LogP contribution is 2.38. The molecule has 1 atom stereocenters. The fourth-order valence-corrected chi connectivity index (χ4v) is 3.48. The average Bonchev–Trinajstić information content (AvgIpc) is 2.70. The zero-order chi connectivity index (χ0) is 21.0. The molecule has 0 aromatic heterocycles. The lowest BCUT2D eigenvalue weighted by atomic mass is 9.83. The molecular formula is C23H21F2NO3. The van der Waals surface area contributed by atoms with Crippen molar-refractivity contribution in [2.75, 3.05) is 6.61 Å². The number of rotatable bonds is 6. The highest BCUT2D eigenvalue weighted by molar-refractivity contribution is 5.95. The Morgan fingerprint density at radius 3 is 2.55 bits per heavy atom. The number of benzene rings is 2. The summed E-state index contributed by atoms with van der Waals surface area (Å²) in [6.45, 7) is 5.35. The number of carbonyl (C=O) groups excluding carboxylic acids is 2. The van der Waals surface area contributed by atoms with E-state index in [2.05, 4.69) is 6.58 Å². The molecule has 29 heavy (non-hydrogen) atoms. The molecule has 1 amide bonds. The van der Waals surface area contributed by atoms with E-state index in [-0.39, 0.29) is 42.4 Å². The van der Waals surface area contributed by atoms with E-state index < -0.39 is 17.7 Å². The van der Waals surface area contributed by atoms with Gasteiger partial charge in [0.05, 0.1) is 12.1 Å².